The fourth-order valence-electron chi connectivity index (χ4n) is 2.48. The molecule has 2 fully saturated rings. The lowest BCUT2D eigenvalue weighted by molar-refractivity contribution is -0.137. The van der Waals surface area contributed by atoms with Gasteiger partial charge in [0.25, 0.3) is 0 Å². The molecule has 0 bridgehead atoms. The number of carbonyl (C=O) groups is 2. The van der Waals surface area contributed by atoms with Crippen molar-refractivity contribution in [2.45, 2.75) is 46.0 Å². The Balaban J connectivity index is 2.06. The highest BCUT2D eigenvalue weighted by Gasteiger charge is 2.46. The van der Waals surface area contributed by atoms with Crippen LogP contribution in [0.15, 0.2) is 0 Å². The van der Waals surface area contributed by atoms with Crippen LogP contribution in [0.1, 0.15) is 46.0 Å². The number of rotatable bonds is 2. The maximum Gasteiger partial charge on any atom is 0.148 e. The largest absolute Gasteiger partial charge is 0.299 e. The summed E-state index contributed by atoms with van der Waals surface area (Å²) >= 11 is 0. The second-order valence-electron chi connectivity index (χ2n) is 5.37. The highest BCUT2D eigenvalue weighted by atomic mass is 16.2. The van der Waals surface area contributed by atoms with Gasteiger partial charge in [0.05, 0.1) is 5.92 Å². The van der Waals surface area contributed by atoms with Gasteiger partial charge in [-0.25, -0.2) is 0 Å². The van der Waals surface area contributed by atoms with Gasteiger partial charge in [-0.3, -0.25) is 9.59 Å². The van der Waals surface area contributed by atoms with Gasteiger partial charge in [-0.2, -0.15) is 0 Å². The van der Waals surface area contributed by atoms with E-state index in [1.54, 1.807) is 0 Å². The number of Topliss-reactive ketones (excluding diaryl/α,β-unsaturated/α-hetero) is 2. The summed E-state index contributed by atoms with van der Waals surface area (Å²) in [5, 5.41) is 0. The minimum absolute atomic E-state index is 0.189. The van der Waals surface area contributed by atoms with Crippen LogP contribution in [-0.4, -0.2) is 11.6 Å². The van der Waals surface area contributed by atoms with E-state index in [0.29, 0.717) is 0 Å². The third kappa shape index (κ3) is 1.41. The Morgan fingerprint density at radius 1 is 1.29 bits per heavy atom. The van der Waals surface area contributed by atoms with E-state index >= 15 is 0 Å². The van der Waals surface area contributed by atoms with Crippen molar-refractivity contribution < 1.29 is 9.59 Å². The molecule has 2 saturated carbocycles. The first-order valence-corrected chi connectivity index (χ1v) is 5.60. The summed E-state index contributed by atoms with van der Waals surface area (Å²) in [4.78, 5) is 23.8. The van der Waals surface area contributed by atoms with E-state index in [1.807, 2.05) is 13.8 Å². The molecular weight excluding hydrogens is 176 g/mol. The van der Waals surface area contributed by atoms with E-state index in [9.17, 15) is 9.59 Å². The molecule has 2 nitrogen and oxygen atoms in total. The van der Waals surface area contributed by atoms with Crippen LogP contribution in [0.25, 0.3) is 0 Å². The fourth-order valence-corrected chi connectivity index (χ4v) is 2.48. The molecular formula is C12H18O2. The fraction of sp³-hybridized carbons (Fsp3) is 0.833. The predicted molar refractivity (Wildman–Crippen MR) is 53.9 cm³/mol. The van der Waals surface area contributed by atoms with Crippen LogP contribution in [0, 0.1) is 17.3 Å². The first kappa shape index (κ1) is 9.88. The smallest absolute Gasteiger partial charge is 0.148 e. The second kappa shape index (κ2) is 3.18. The molecule has 0 N–H and O–H groups in total. The van der Waals surface area contributed by atoms with Gasteiger partial charge in [-0.05, 0) is 25.7 Å². The van der Waals surface area contributed by atoms with E-state index in [1.165, 1.54) is 6.42 Å². The van der Waals surface area contributed by atoms with E-state index in [2.05, 4.69) is 0 Å². The average molecular weight is 194 g/mol. The summed E-state index contributed by atoms with van der Waals surface area (Å²) in [5.74, 6) is 0.398. The number of hydrogen-bond donors (Lipinski definition) is 0. The van der Waals surface area contributed by atoms with Crippen LogP contribution in [-0.2, 0) is 9.59 Å². The van der Waals surface area contributed by atoms with Crippen molar-refractivity contribution in [3.63, 3.8) is 0 Å². The van der Waals surface area contributed by atoms with Crippen LogP contribution < -0.4 is 0 Å². The normalized spacial score (nSPS) is 31.6. The summed E-state index contributed by atoms with van der Waals surface area (Å²) in [6, 6.07) is 0. The monoisotopic (exact) mass is 194 g/mol. The molecule has 0 saturated heterocycles. The van der Waals surface area contributed by atoms with Crippen LogP contribution in [0.4, 0.5) is 0 Å². The molecule has 78 valence electrons. The van der Waals surface area contributed by atoms with Gasteiger partial charge in [0.2, 0.25) is 0 Å². The van der Waals surface area contributed by atoms with E-state index < -0.39 is 0 Å². The van der Waals surface area contributed by atoms with Crippen molar-refractivity contribution in [2.75, 3.05) is 0 Å². The molecule has 0 aromatic carbocycles. The Bertz CT molecular complexity index is 274. The molecule has 0 spiro atoms. The zero-order valence-electron chi connectivity index (χ0n) is 9.01. The minimum Gasteiger partial charge on any atom is -0.299 e. The second-order valence-corrected chi connectivity index (χ2v) is 5.37. The SMILES string of the molecule is CC1(C)CCC(C(=O)C2CCC2)C1=O. The van der Waals surface area contributed by atoms with Gasteiger partial charge >= 0.3 is 0 Å². The molecule has 0 aromatic rings. The lowest BCUT2D eigenvalue weighted by Crippen LogP contribution is -2.33. The standard InChI is InChI=1S/C12H18O2/c1-12(2)7-6-9(11(12)14)10(13)8-4-3-5-8/h8-9H,3-7H2,1-2H3. The Hall–Kier alpha value is -0.660. The number of hydrogen-bond acceptors (Lipinski definition) is 2. The first-order chi connectivity index (χ1) is 6.52. The van der Waals surface area contributed by atoms with E-state index in [0.717, 1.165) is 25.7 Å². The topological polar surface area (TPSA) is 34.1 Å². The maximum absolute atomic E-state index is 11.9. The highest BCUT2D eigenvalue weighted by molar-refractivity contribution is 6.07. The van der Waals surface area contributed by atoms with Crippen LogP contribution in [0.5, 0.6) is 0 Å². The summed E-state index contributed by atoms with van der Waals surface area (Å²) in [6.07, 6.45) is 4.88. The Morgan fingerprint density at radius 2 is 1.93 bits per heavy atom. The molecule has 0 amide bonds. The van der Waals surface area contributed by atoms with Crippen molar-refractivity contribution >= 4 is 11.6 Å². The molecule has 1 unspecified atom stereocenters. The summed E-state index contributed by atoms with van der Waals surface area (Å²) in [5.41, 5.74) is -0.246. The van der Waals surface area contributed by atoms with Crippen molar-refractivity contribution in [3.05, 3.63) is 0 Å². The molecule has 0 aromatic heterocycles. The number of carbonyl (C=O) groups excluding carboxylic acids is 2. The Morgan fingerprint density at radius 3 is 2.29 bits per heavy atom. The minimum atomic E-state index is -0.254. The molecule has 2 heteroatoms. The zero-order chi connectivity index (χ0) is 10.3. The lowest BCUT2D eigenvalue weighted by Gasteiger charge is -2.26. The van der Waals surface area contributed by atoms with Crippen LogP contribution >= 0.6 is 0 Å². The molecule has 0 radical (unpaired) electrons. The molecule has 0 heterocycles. The van der Waals surface area contributed by atoms with Crippen molar-refractivity contribution in [1.29, 1.82) is 0 Å². The average Bonchev–Trinajstić information content (AvgIpc) is 2.24. The van der Waals surface area contributed by atoms with Crippen molar-refractivity contribution in [2.24, 2.45) is 17.3 Å². The van der Waals surface area contributed by atoms with Gasteiger partial charge in [-0.1, -0.05) is 20.3 Å². The van der Waals surface area contributed by atoms with Gasteiger partial charge in [0.1, 0.15) is 11.6 Å². The van der Waals surface area contributed by atoms with Gasteiger partial charge < -0.3 is 0 Å². The quantitative estimate of drug-likeness (QED) is 0.632. The van der Waals surface area contributed by atoms with Crippen molar-refractivity contribution in [1.82, 2.24) is 0 Å². The first-order valence-electron chi connectivity index (χ1n) is 5.60. The summed E-state index contributed by atoms with van der Waals surface area (Å²) in [6.45, 7) is 3.92. The molecule has 2 aliphatic rings. The predicted octanol–water partition coefficient (Wildman–Crippen LogP) is 2.36. The summed E-state index contributed by atoms with van der Waals surface area (Å²) < 4.78 is 0. The number of ketones is 2. The molecule has 0 aliphatic heterocycles. The Labute approximate surface area is 85.1 Å². The van der Waals surface area contributed by atoms with E-state index in [4.69, 9.17) is 0 Å². The van der Waals surface area contributed by atoms with Crippen LogP contribution in [0.3, 0.4) is 0 Å². The van der Waals surface area contributed by atoms with Gasteiger partial charge in [0.15, 0.2) is 0 Å². The van der Waals surface area contributed by atoms with Gasteiger partial charge in [-0.15, -0.1) is 0 Å². The third-order valence-corrected chi connectivity index (χ3v) is 3.89. The Kier molecular flexibility index (Phi) is 2.24. The lowest BCUT2D eigenvalue weighted by atomic mass is 9.76. The highest BCUT2D eigenvalue weighted by Crippen LogP contribution is 2.41. The molecule has 2 aliphatic carbocycles. The molecule has 14 heavy (non-hydrogen) atoms. The third-order valence-electron chi connectivity index (χ3n) is 3.89. The molecule has 1 atom stereocenters. The summed E-state index contributed by atoms with van der Waals surface area (Å²) in [7, 11) is 0. The molecule has 2 rings (SSSR count). The maximum atomic E-state index is 11.9. The van der Waals surface area contributed by atoms with Crippen LogP contribution in [0.2, 0.25) is 0 Å². The van der Waals surface area contributed by atoms with Gasteiger partial charge in [0, 0.05) is 11.3 Å². The zero-order valence-corrected chi connectivity index (χ0v) is 9.01. The van der Waals surface area contributed by atoms with E-state index in [-0.39, 0.29) is 28.8 Å². The van der Waals surface area contributed by atoms with Crippen molar-refractivity contribution in [3.8, 4) is 0 Å².